The zero-order valence-electron chi connectivity index (χ0n) is 20.6. The van der Waals surface area contributed by atoms with Gasteiger partial charge in [0, 0.05) is 24.0 Å². The number of amidine groups is 1. The fourth-order valence-electron chi connectivity index (χ4n) is 4.24. The van der Waals surface area contributed by atoms with Crippen molar-refractivity contribution >= 4 is 28.3 Å². The predicted octanol–water partition coefficient (Wildman–Crippen LogP) is 3.29. The van der Waals surface area contributed by atoms with Crippen molar-refractivity contribution in [3.8, 4) is 0 Å². The number of carbonyl (C=O) groups is 2. The Morgan fingerprint density at radius 2 is 1.54 bits per heavy atom. The summed E-state index contributed by atoms with van der Waals surface area (Å²) >= 11 is 0. The minimum absolute atomic E-state index is 0.0274. The Kier molecular flexibility index (Phi) is 7.57. The Labute approximate surface area is 213 Å². The van der Waals surface area contributed by atoms with Gasteiger partial charge in [0.15, 0.2) is 11.6 Å². The van der Waals surface area contributed by atoms with Crippen molar-refractivity contribution in [2.24, 2.45) is 5.73 Å². The first-order valence-electron chi connectivity index (χ1n) is 12.1. The van der Waals surface area contributed by atoms with Crippen LogP contribution < -0.4 is 17.0 Å². The molecule has 4 rings (SSSR count). The maximum atomic E-state index is 13.5. The van der Waals surface area contributed by atoms with Gasteiger partial charge in [0.2, 0.25) is 0 Å². The van der Waals surface area contributed by atoms with Gasteiger partial charge in [-0.3, -0.25) is 28.9 Å². The van der Waals surface area contributed by atoms with Gasteiger partial charge in [-0.05, 0) is 29.7 Å². The monoisotopic (exact) mass is 496 g/mol. The first-order chi connectivity index (χ1) is 17.8. The van der Waals surface area contributed by atoms with Crippen LogP contribution in [0.3, 0.4) is 0 Å². The number of aryl methyl sites for hydroxylation is 1. The van der Waals surface area contributed by atoms with Gasteiger partial charge >= 0.3 is 5.69 Å². The molecule has 0 saturated carbocycles. The number of rotatable bonds is 10. The molecular formula is C29H28N4O4. The van der Waals surface area contributed by atoms with E-state index in [1.165, 1.54) is 10.6 Å². The molecule has 37 heavy (non-hydrogen) atoms. The molecule has 0 aliphatic rings. The minimum atomic E-state index is -0.596. The summed E-state index contributed by atoms with van der Waals surface area (Å²) in [5, 5.41) is 7.76. The number of nitrogens with two attached hydrogens (primary N) is 1. The third-order valence-corrected chi connectivity index (χ3v) is 6.34. The standard InChI is InChI=1S/C29H28N4O4/c1-2-26(35)22-13-15-24-25(16-22)32(29(37)33(28(24)36)17-20-6-4-3-5-7-20)18-23(34)14-10-19-8-11-21(12-9-19)27(30)31/h3-9,11-13,15-16H,2,10,14,17-18H2,1H3,(H3,30,31). The largest absolute Gasteiger partial charge is 0.384 e. The number of hydrogen-bond donors (Lipinski definition) is 2. The SMILES string of the molecule is CCC(=O)c1ccc2c(=O)n(Cc3ccccc3)c(=O)n(CC(=O)CCc3ccc(C(=N)N)cc3)c2c1. The smallest absolute Gasteiger partial charge is 0.332 e. The second-order valence-electron chi connectivity index (χ2n) is 8.90. The lowest BCUT2D eigenvalue weighted by atomic mass is 10.0. The van der Waals surface area contributed by atoms with Crippen LogP contribution in [-0.4, -0.2) is 26.5 Å². The van der Waals surface area contributed by atoms with Crippen molar-refractivity contribution in [1.82, 2.24) is 9.13 Å². The zero-order valence-corrected chi connectivity index (χ0v) is 20.6. The Morgan fingerprint density at radius 1 is 0.865 bits per heavy atom. The minimum Gasteiger partial charge on any atom is -0.384 e. The lowest BCUT2D eigenvalue weighted by molar-refractivity contribution is -0.119. The van der Waals surface area contributed by atoms with Gasteiger partial charge in [0.25, 0.3) is 5.56 Å². The molecule has 0 amide bonds. The lowest BCUT2D eigenvalue weighted by Gasteiger charge is -2.15. The highest BCUT2D eigenvalue weighted by Crippen LogP contribution is 2.15. The fraction of sp³-hybridized carbons (Fsp3) is 0.207. The molecule has 4 aromatic rings. The summed E-state index contributed by atoms with van der Waals surface area (Å²) in [6.07, 6.45) is 0.911. The van der Waals surface area contributed by atoms with E-state index in [0.29, 0.717) is 17.5 Å². The summed E-state index contributed by atoms with van der Waals surface area (Å²) in [4.78, 5) is 52.2. The number of benzene rings is 3. The van der Waals surface area contributed by atoms with E-state index in [1.807, 2.05) is 42.5 Å². The molecule has 0 atom stereocenters. The molecule has 0 radical (unpaired) electrons. The molecule has 0 bridgehead atoms. The van der Waals surface area contributed by atoms with E-state index >= 15 is 0 Å². The number of carbonyl (C=O) groups excluding carboxylic acids is 2. The highest BCUT2D eigenvalue weighted by molar-refractivity contribution is 5.99. The fourth-order valence-corrected chi connectivity index (χ4v) is 4.24. The molecule has 1 aromatic heterocycles. The topological polar surface area (TPSA) is 128 Å². The van der Waals surface area contributed by atoms with Gasteiger partial charge in [-0.15, -0.1) is 0 Å². The van der Waals surface area contributed by atoms with Crippen LogP contribution in [0.25, 0.3) is 10.9 Å². The van der Waals surface area contributed by atoms with E-state index in [4.69, 9.17) is 11.1 Å². The molecule has 1 heterocycles. The van der Waals surface area contributed by atoms with Crippen LogP contribution >= 0.6 is 0 Å². The number of hydrogen-bond acceptors (Lipinski definition) is 5. The van der Waals surface area contributed by atoms with E-state index in [9.17, 15) is 19.2 Å². The van der Waals surface area contributed by atoms with Crippen LogP contribution in [0.5, 0.6) is 0 Å². The summed E-state index contributed by atoms with van der Waals surface area (Å²) in [7, 11) is 0. The number of ketones is 2. The van der Waals surface area contributed by atoms with Crippen LogP contribution in [0.2, 0.25) is 0 Å². The molecule has 3 N–H and O–H groups in total. The van der Waals surface area contributed by atoms with Crippen LogP contribution in [0, 0.1) is 5.41 Å². The van der Waals surface area contributed by atoms with E-state index in [0.717, 1.165) is 15.7 Å². The number of nitrogens with one attached hydrogen (secondary N) is 1. The Balaban J connectivity index is 1.70. The first-order valence-corrected chi connectivity index (χ1v) is 12.1. The summed E-state index contributed by atoms with van der Waals surface area (Å²) in [6.45, 7) is 1.59. The Bertz CT molecular complexity index is 1600. The maximum absolute atomic E-state index is 13.5. The molecular weight excluding hydrogens is 468 g/mol. The van der Waals surface area contributed by atoms with Crippen LogP contribution in [0.1, 0.15) is 46.8 Å². The lowest BCUT2D eigenvalue weighted by Crippen LogP contribution is -2.41. The van der Waals surface area contributed by atoms with Gasteiger partial charge < -0.3 is 5.73 Å². The maximum Gasteiger partial charge on any atom is 0.332 e. The van der Waals surface area contributed by atoms with E-state index in [2.05, 4.69) is 0 Å². The molecule has 8 heteroatoms. The molecule has 3 aromatic carbocycles. The molecule has 0 saturated heterocycles. The third kappa shape index (κ3) is 5.64. The van der Waals surface area contributed by atoms with Gasteiger partial charge in [-0.25, -0.2) is 4.79 Å². The number of fused-ring (bicyclic) bond motifs is 1. The molecule has 0 spiro atoms. The Hall–Kier alpha value is -4.59. The van der Waals surface area contributed by atoms with Crippen molar-refractivity contribution in [3.63, 3.8) is 0 Å². The average molecular weight is 497 g/mol. The second kappa shape index (κ2) is 11.0. The predicted molar refractivity (Wildman–Crippen MR) is 143 cm³/mol. The quantitative estimate of drug-likeness (QED) is 0.198. The molecule has 0 unspecified atom stereocenters. The zero-order chi connectivity index (χ0) is 26.5. The number of nitrogen functional groups attached to an aromatic ring is 1. The highest BCUT2D eigenvalue weighted by Gasteiger charge is 2.17. The summed E-state index contributed by atoms with van der Waals surface area (Å²) in [5.41, 5.74) is 7.39. The molecule has 0 aliphatic carbocycles. The van der Waals surface area contributed by atoms with Crippen molar-refractivity contribution in [3.05, 3.63) is 116 Å². The normalized spacial score (nSPS) is 10.9. The van der Waals surface area contributed by atoms with Crippen molar-refractivity contribution in [2.45, 2.75) is 39.3 Å². The van der Waals surface area contributed by atoms with Gasteiger partial charge in [-0.1, -0.05) is 67.6 Å². The molecule has 8 nitrogen and oxygen atoms in total. The summed E-state index contributed by atoms with van der Waals surface area (Å²) < 4.78 is 2.43. The van der Waals surface area contributed by atoms with Crippen LogP contribution in [-0.2, 0) is 24.3 Å². The Morgan fingerprint density at radius 3 is 2.19 bits per heavy atom. The van der Waals surface area contributed by atoms with Gasteiger partial charge in [0.1, 0.15) is 5.84 Å². The number of aromatic nitrogens is 2. The van der Waals surface area contributed by atoms with Gasteiger partial charge in [0.05, 0.1) is 24.0 Å². The van der Waals surface area contributed by atoms with Crippen molar-refractivity contribution in [1.29, 1.82) is 5.41 Å². The van der Waals surface area contributed by atoms with Crippen molar-refractivity contribution in [2.75, 3.05) is 0 Å². The summed E-state index contributed by atoms with van der Waals surface area (Å²) in [6, 6.07) is 20.9. The number of Topliss-reactive ketones (excluding diaryl/α,β-unsaturated/α-hetero) is 2. The second-order valence-corrected chi connectivity index (χ2v) is 8.90. The van der Waals surface area contributed by atoms with Crippen LogP contribution in [0.15, 0.2) is 82.4 Å². The van der Waals surface area contributed by atoms with E-state index in [1.54, 1.807) is 31.2 Å². The first kappa shape index (κ1) is 25.5. The van der Waals surface area contributed by atoms with Crippen LogP contribution in [0.4, 0.5) is 0 Å². The van der Waals surface area contributed by atoms with E-state index in [-0.39, 0.29) is 54.2 Å². The van der Waals surface area contributed by atoms with E-state index < -0.39 is 11.2 Å². The third-order valence-electron chi connectivity index (χ3n) is 6.34. The van der Waals surface area contributed by atoms with Gasteiger partial charge in [-0.2, -0.15) is 0 Å². The molecule has 0 fully saturated rings. The summed E-state index contributed by atoms with van der Waals surface area (Å²) in [5.74, 6) is -0.327. The molecule has 188 valence electrons. The number of nitrogens with zero attached hydrogens (tertiary/aromatic N) is 2. The highest BCUT2D eigenvalue weighted by atomic mass is 16.2. The average Bonchev–Trinajstić information content (AvgIpc) is 2.92. The van der Waals surface area contributed by atoms with Crippen molar-refractivity contribution < 1.29 is 9.59 Å². The molecule has 0 aliphatic heterocycles.